The third-order valence-electron chi connectivity index (χ3n) is 5.17. The lowest BCUT2D eigenvalue weighted by Gasteiger charge is -2.15. The van der Waals surface area contributed by atoms with Gasteiger partial charge in [-0.15, -0.1) is 0 Å². The van der Waals surface area contributed by atoms with Crippen LogP contribution in [0.15, 0.2) is 36.5 Å². The molecule has 1 aliphatic rings. The van der Waals surface area contributed by atoms with Crippen molar-refractivity contribution in [2.24, 2.45) is 0 Å². The van der Waals surface area contributed by atoms with E-state index in [2.05, 4.69) is 10.3 Å². The zero-order valence-electron chi connectivity index (χ0n) is 16.1. The van der Waals surface area contributed by atoms with Gasteiger partial charge in [-0.25, -0.2) is 13.6 Å². The van der Waals surface area contributed by atoms with Gasteiger partial charge in [-0.1, -0.05) is 29.3 Å². The van der Waals surface area contributed by atoms with E-state index in [4.69, 9.17) is 23.2 Å². The molecule has 160 valence electrons. The van der Waals surface area contributed by atoms with E-state index in [1.807, 2.05) is 11.5 Å². The lowest BCUT2D eigenvalue weighted by atomic mass is 9.92. The number of anilines is 1. The highest BCUT2D eigenvalue weighted by Crippen LogP contribution is 2.40. The first-order valence-electron chi connectivity index (χ1n) is 9.60. The number of carbonyl (C=O) groups is 2. The summed E-state index contributed by atoms with van der Waals surface area (Å²) in [6.45, 7) is 0. The van der Waals surface area contributed by atoms with Gasteiger partial charge in [0.25, 0.3) is 5.91 Å². The fraction of sp³-hybridized carbons (Fsp3) is 0.182. The number of amides is 3. The van der Waals surface area contributed by atoms with Crippen molar-refractivity contribution in [1.82, 2.24) is 10.3 Å². The summed E-state index contributed by atoms with van der Waals surface area (Å²) in [5.74, 6) is -3.36. The number of imide groups is 1. The van der Waals surface area contributed by atoms with Gasteiger partial charge in [-0.3, -0.25) is 10.1 Å². The minimum absolute atomic E-state index is 0.221. The molecule has 0 atom stereocenters. The van der Waals surface area contributed by atoms with Gasteiger partial charge >= 0.3 is 6.03 Å². The molecule has 31 heavy (non-hydrogen) atoms. The number of H-pyrrole nitrogens is 1. The molecule has 0 aliphatic heterocycles. The Morgan fingerprint density at radius 2 is 1.65 bits per heavy atom. The summed E-state index contributed by atoms with van der Waals surface area (Å²) >= 11 is 12.9. The third kappa shape index (κ3) is 4.29. The lowest BCUT2D eigenvalue weighted by Crippen LogP contribution is -2.35. The van der Waals surface area contributed by atoms with E-state index >= 15 is 0 Å². The second-order valence-electron chi connectivity index (χ2n) is 7.19. The molecule has 0 unspecified atom stereocenters. The Morgan fingerprint density at radius 1 is 1.00 bits per heavy atom. The number of carbonyl (C=O) groups excluding carboxylic acids is 2. The van der Waals surface area contributed by atoms with Crippen LogP contribution in [0.2, 0.25) is 10.0 Å². The van der Waals surface area contributed by atoms with Crippen LogP contribution < -0.4 is 10.6 Å². The molecular formula is C22H17Cl2F2N3O2. The van der Waals surface area contributed by atoms with E-state index in [1.165, 1.54) is 23.3 Å². The lowest BCUT2D eigenvalue weighted by molar-refractivity contribution is 0.0959. The van der Waals surface area contributed by atoms with Crippen LogP contribution in [0, 0.1) is 11.6 Å². The van der Waals surface area contributed by atoms with Gasteiger partial charge in [0.2, 0.25) is 0 Å². The van der Waals surface area contributed by atoms with Crippen molar-refractivity contribution in [1.29, 1.82) is 0 Å². The highest BCUT2D eigenvalue weighted by Gasteiger charge is 2.22. The van der Waals surface area contributed by atoms with Crippen molar-refractivity contribution >= 4 is 40.8 Å². The summed E-state index contributed by atoms with van der Waals surface area (Å²) in [4.78, 5) is 27.5. The van der Waals surface area contributed by atoms with Crippen LogP contribution in [0.1, 0.15) is 34.3 Å². The predicted molar refractivity (Wildman–Crippen MR) is 116 cm³/mol. The Labute approximate surface area is 186 Å². The predicted octanol–water partition coefficient (Wildman–Crippen LogP) is 6.11. The van der Waals surface area contributed by atoms with E-state index in [1.54, 1.807) is 0 Å². The van der Waals surface area contributed by atoms with Crippen LogP contribution >= 0.6 is 23.2 Å². The van der Waals surface area contributed by atoms with Crippen LogP contribution in [-0.4, -0.2) is 16.9 Å². The second-order valence-corrected chi connectivity index (χ2v) is 8.01. The van der Waals surface area contributed by atoms with Crippen molar-refractivity contribution < 1.29 is 18.4 Å². The summed E-state index contributed by atoms with van der Waals surface area (Å²) in [5, 5.41) is 4.91. The molecule has 0 saturated heterocycles. The van der Waals surface area contributed by atoms with E-state index in [0.717, 1.165) is 49.6 Å². The number of halogens is 4. The minimum Gasteiger partial charge on any atom is -0.361 e. The molecule has 0 spiro atoms. The zero-order valence-corrected chi connectivity index (χ0v) is 17.6. The van der Waals surface area contributed by atoms with Gasteiger partial charge < -0.3 is 10.3 Å². The Kier molecular flexibility index (Phi) is 5.98. The molecule has 9 heteroatoms. The van der Waals surface area contributed by atoms with Crippen molar-refractivity contribution in [3.63, 3.8) is 0 Å². The number of nitrogens with one attached hydrogen (secondary N) is 3. The molecule has 0 fully saturated rings. The number of aromatic amines is 1. The maximum atomic E-state index is 13.7. The first kappa shape index (κ1) is 21.3. The molecule has 2 aromatic carbocycles. The largest absolute Gasteiger partial charge is 0.361 e. The first-order chi connectivity index (χ1) is 14.8. The van der Waals surface area contributed by atoms with Gasteiger partial charge in [0.1, 0.15) is 17.2 Å². The number of hydrogen-bond donors (Lipinski definition) is 3. The van der Waals surface area contributed by atoms with Crippen molar-refractivity contribution in [2.45, 2.75) is 25.7 Å². The summed E-state index contributed by atoms with van der Waals surface area (Å²) in [7, 11) is 0. The number of rotatable bonds is 3. The minimum atomic E-state index is -1.21. The Hall–Kier alpha value is -2.90. The number of aryl methyl sites for hydroxylation is 1. The van der Waals surface area contributed by atoms with E-state index in [0.29, 0.717) is 15.6 Å². The van der Waals surface area contributed by atoms with Crippen LogP contribution in [0.25, 0.3) is 11.3 Å². The molecule has 4 rings (SSSR count). The number of aromatic nitrogens is 1. The zero-order chi connectivity index (χ0) is 22.1. The fourth-order valence-corrected chi connectivity index (χ4v) is 4.45. The molecule has 3 N–H and O–H groups in total. The van der Waals surface area contributed by atoms with Crippen LogP contribution in [0.3, 0.4) is 0 Å². The molecular weight excluding hydrogens is 447 g/mol. The Bertz CT molecular complexity index is 1150. The highest BCUT2D eigenvalue weighted by atomic mass is 35.5. The number of urea groups is 1. The van der Waals surface area contributed by atoms with E-state index in [9.17, 15) is 18.4 Å². The van der Waals surface area contributed by atoms with Crippen LogP contribution in [0.5, 0.6) is 0 Å². The van der Waals surface area contributed by atoms with Crippen LogP contribution in [0.4, 0.5) is 19.3 Å². The molecule has 1 aliphatic carbocycles. The molecule has 0 saturated carbocycles. The Morgan fingerprint density at radius 3 is 2.32 bits per heavy atom. The molecule has 0 bridgehead atoms. The van der Waals surface area contributed by atoms with Crippen molar-refractivity contribution in [3.05, 3.63) is 74.9 Å². The summed E-state index contributed by atoms with van der Waals surface area (Å²) in [6.07, 6.45) is 6.11. The quantitative estimate of drug-likeness (QED) is 0.438. The maximum Gasteiger partial charge on any atom is 0.326 e. The monoisotopic (exact) mass is 463 g/mol. The first-order valence-corrected chi connectivity index (χ1v) is 10.4. The van der Waals surface area contributed by atoms with Gasteiger partial charge in [-0.05, 0) is 61.1 Å². The molecule has 3 aromatic rings. The molecule has 0 radical (unpaired) electrons. The van der Waals surface area contributed by atoms with Gasteiger partial charge in [0.15, 0.2) is 0 Å². The highest BCUT2D eigenvalue weighted by molar-refractivity contribution is 6.39. The van der Waals surface area contributed by atoms with Gasteiger partial charge in [0, 0.05) is 17.4 Å². The average molecular weight is 464 g/mol. The number of hydrogen-bond acceptors (Lipinski definition) is 2. The molecule has 1 aromatic heterocycles. The molecule has 3 amide bonds. The van der Waals surface area contributed by atoms with Gasteiger partial charge in [-0.2, -0.15) is 0 Å². The summed E-state index contributed by atoms with van der Waals surface area (Å²) in [6, 6.07) is 4.97. The topological polar surface area (TPSA) is 74.0 Å². The normalized spacial score (nSPS) is 12.9. The van der Waals surface area contributed by atoms with Crippen molar-refractivity contribution in [3.8, 4) is 11.3 Å². The van der Waals surface area contributed by atoms with Crippen molar-refractivity contribution in [2.75, 3.05) is 5.32 Å². The summed E-state index contributed by atoms with van der Waals surface area (Å²) in [5.41, 5.74) is 3.28. The summed E-state index contributed by atoms with van der Waals surface area (Å²) < 4.78 is 27.4. The number of fused-ring (bicyclic) bond motifs is 1. The second kappa shape index (κ2) is 8.69. The standard InChI is InChI=1S/C22H17Cl2F2N3O2/c23-14-8-12(28-22(31)29-21(30)19-16(25)6-3-7-17(19)26)9-15(24)18(14)20-13-5-2-1-4-11(13)10-27-20/h3,6-10,27H,1-2,4-5H2,(H2,28,29,30,31). The molecule has 1 heterocycles. The van der Waals surface area contributed by atoms with E-state index < -0.39 is 29.1 Å². The smallest absolute Gasteiger partial charge is 0.326 e. The fourth-order valence-electron chi connectivity index (χ4n) is 3.77. The SMILES string of the molecule is O=C(NC(=O)c1c(F)cccc1F)Nc1cc(Cl)c(-c2[nH]cc3c2CCCC3)c(Cl)c1. The molecule has 5 nitrogen and oxygen atoms in total. The number of benzene rings is 2. The average Bonchev–Trinajstić information content (AvgIpc) is 3.11. The van der Waals surface area contributed by atoms with E-state index in [-0.39, 0.29) is 5.69 Å². The third-order valence-corrected chi connectivity index (χ3v) is 5.77. The maximum absolute atomic E-state index is 13.7. The van der Waals surface area contributed by atoms with Crippen LogP contribution in [-0.2, 0) is 12.8 Å². The Balaban J connectivity index is 1.53. The van der Waals surface area contributed by atoms with Gasteiger partial charge in [0.05, 0.1) is 15.7 Å².